The molecule has 0 radical (unpaired) electrons. The first-order chi connectivity index (χ1) is 12.3. The molecule has 2 aromatic rings. The van der Waals surface area contributed by atoms with Crippen molar-refractivity contribution in [3.8, 4) is 5.75 Å². The average Bonchev–Trinajstić information content (AvgIpc) is 2.62. The Balaban J connectivity index is 1.72. The fraction of sp³-hybridized carbons (Fsp3) is 0.471. The van der Waals surface area contributed by atoms with Crippen LogP contribution in [0.4, 0.5) is 0 Å². The minimum atomic E-state index is -3.38. The van der Waals surface area contributed by atoms with Crippen LogP contribution in [-0.2, 0) is 16.8 Å². The summed E-state index contributed by atoms with van der Waals surface area (Å²) >= 11 is 0. The minimum Gasteiger partial charge on any atom is -0.497 e. The Morgan fingerprint density at radius 2 is 1.85 bits per heavy atom. The van der Waals surface area contributed by atoms with Crippen LogP contribution in [-0.4, -0.2) is 74.3 Å². The van der Waals surface area contributed by atoms with E-state index in [1.54, 1.807) is 13.2 Å². The average molecular weight is 380 g/mol. The molecule has 2 heterocycles. The van der Waals surface area contributed by atoms with Gasteiger partial charge in [0.05, 0.1) is 12.6 Å². The Labute approximate surface area is 153 Å². The molecule has 1 N–H and O–H groups in total. The molecule has 3 rings (SSSR count). The Morgan fingerprint density at radius 3 is 2.46 bits per heavy atom. The molecule has 0 amide bonds. The van der Waals surface area contributed by atoms with Gasteiger partial charge in [0.15, 0.2) is 0 Å². The van der Waals surface area contributed by atoms with Crippen LogP contribution in [0.5, 0.6) is 5.75 Å². The molecule has 0 aliphatic carbocycles. The van der Waals surface area contributed by atoms with Crippen molar-refractivity contribution in [1.82, 2.24) is 18.5 Å². The van der Waals surface area contributed by atoms with E-state index in [-0.39, 0.29) is 5.56 Å². The summed E-state index contributed by atoms with van der Waals surface area (Å²) in [5.41, 5.74) is 1.28. The van der Waals surface area contributed by atoms with Crippen molar-refractivity contribution in [3.63, 3.8) is 0 Å². The van der Waals surface area contributed by atoms with Crippen LogP contribution >= 0.6 is 0 Å². The van der Waals surface area contributed by atoms with Gasteiger partial charge >= 0.3 is 0 Å². The predicted molar refractivity (Wildman–Crippen MR) is 101 cm³/mol. The molecule has 1 aliphatic heterocycles. The second kappa shape index (κ2) is 7.36. The number of nitrogens with one attached hydrogen (secondary N) is 1. The predicted octanol–water partition coefficient (Wildman–Crippen LogP) is 0.461. The van der Waals surface area contributed by atoms with Crippen molar-refractivity contribution in [1.29, 1.82) is 0 Å². The maximum absolute atomic E-state index is 12.4. The van der Waals surface area contributed by atoms with E-state index in [0.29, 0.717) is 44.0 Å². The van der Waals surface area contributed by atoms with E-state index in [1.165, 1.54) is 22.7 Å². The Hall–Kier alpha value is -1.94. The van der Waals surface area contributed by atoms with Crippen molar-refractivity contribution in [2.75, 3.05) is 47.4 Å². The summed E-state index contributed by atoms with van der Waals surface area (Å²) in [6.45, 7) is 2.51. The Morgan fingerprint density at radius 1 is 1.15 bits per heavy atom. The van der Waals surface area contributed by atoms with Gasteiger partial charge in [0.1, 0.15) is 5.75 Å². The zero-order valence-electron chi connectivity index (χ0n) is 15.2. The van der Waals surface area contributed by atoms with Crippen LogP contribution in [0.3, 0.4) is 0 Å². The molecular formula is C17H24N4O4S. The first-order valence-electron chi connectivity index (χ1n) is 8.41. The molecule has 0 unspecified atom stereocenters. The number of hydrogen-bond acceptors (Lipinski definition) is 5. The van der Waals surface area contributed by atoms with Crippen LogP contribution in [0.1, 0.15) is 5.56 Å². The second-order valence-electron chi connectivity index (χ2n) is 6.54. The minimum absolute atomic E-state index is 0.130. The summed E-state index contributed by atoms with van der Waals surface area (Å²) in [6.07, 6.45) is 0. The van der Waals surface area contributed by atoms with Crippen molar-refractivity contribution in [2.45, 2.75) is 6.54 Å². The van der Waals surface area contributed by atoms with Crippen molar-refractivity contribution in [2.24, 2.45) is 0 Å². The standard InChI is InChI=1S/C17H24N4O4S/c1-19(2)26(23,24)21-8-6-20(7-9-21)12-14-10-13-4-5-15(25-3)11-16(13)18-17(14)22/h4-5,10-11H,6-9,12H2,1-3H3,(H,18,22). The van der Waals surface area contributed by atoms with E-state index >= 15 is 0 Å². The second-order valence-corrected chi connectivity index (χ2v) is 8.68. The molecule has 0 atom stereocenters. The van der Waals surface area contributed by atoms with E-state index in [2.05, 4.69) is 9.88 Å². The molecule has 0 spiro atoms. The third kappa shape index (κ3) is 3.75. The maximum Gasteiger partial charge on any atom is 0.281 e. The fourth-order valence-corrected chi connectivity index (χ4v) is 4.15. The first-order valence-corrected chi connectivity index (χ1v) is 9.81. The highest BCUT2D eigenvalue weighted by atomic mass is 32.2. The number of ether oxygens (including phenoxy) is 1. The topological polar surface area (TPSA) is 85.9 Å². The van der Waals surface area contributed by atoms with Gasteiger partial charge in [0.2, 0.25) is 0 Å². The summed E-state index contributed by atoms with van der Waals surface area (Å²) in [7, 11) is 1.27. The number of aromatic amines is 1. The normalized spacial score (nSPS) is 17.1. The van der Waals surface area contributed by atoms with Gasteiger partial charge < -0.3 is 9.72 Å². The summed E-state index contributed by atoms with van der Waals surface area (Å²) in [4.78, 5) is 17.4. The van der Waals surface area contributed by atoms with Gasteiger partial charge in [-0.2, -0.15) is 17.0 Å². The molecule has 1 aliphatic rings. The summed E-state index contributed by atoms with van der Waals surface area (Å²) in [6, 6.07) is 7.45. The number of piperazine rings is 1. The summed E-state index contributed by atoms with van der Waals surface area (Å²) < 4.78 is 32.2. The molecular weight excluding hydrogens is 356 g/mol. The molecule has 0 bridgehead atoms. The number of methoxy groups -OCH3 is 1. The van der Waals surface area contributed by atoms with E-state index in [9.17, 15) is 13.2 Å². The molecule has 1 fully saturated rings. The van der Waals surface area contributed by atoms with Crippen LogP contribution in [0.15, 0.2) is 29.1 Å². The van der Waals surface area contributed by atoms with Gasteiger partial charge in [-0.1, -0.05) is 0 Å². The number of nitrogens with zero attached hydrogens (tertiary/aromatic N) is 3. The number of pyridine rings is 1. The zero-order chi connectivity index (χ0) is 18.9. The lowest BCUT2D eigenvalue weighted by molar-refractivity contribution is 0.177. The zero-order valence-corrected chi connectivity index (χ0v) is 16.0. The summed E-state index contributed by atoms with van der Waals surface area (Å²) in [5, 5.41) is 0.939. The Kier molecular flexibility index (Phi) is 5.33. The highest BCUT2D eigenvalue weighted by Gasteiger charge is 2.28. The third-order valence-electron chi connectivity index (χ3n) is 4.64. The number of benzene rings is 1. The van der Waals surface area contributed by atoms with Crippen LogP contribution in [0.2, 0.25) is 0 Å². The third-order valence-corrected chi connectivity index (χ3v) is 6.58. The largest absolute Gasteiger partial charge is 0.497 e. The lowest BCUT2D eigenvalue weighted by Gasteiger charge is -2.35. The molecule has 142 valence electrons. The molecule has 0 saturated carbocycles. The highest BCUT2D eigenvalue weighted by Crippen LogP contribution is 2.19. The van der Waals surface area contributed by atoms with E-state index in [4.69, 9.17) is 4.74 Å². The maximum atomic E-state index is 12.4. The number of aromatic nitrogens is 1. The van der Waals surface area contributed by atoms with Crippen molar-refractivity contribution in [3.05, 3.63) is 40.2 Å². The Bertz CT molecular complexity index is 947. The van der Waals surface area contributed by atoms with Gasteiger partial charge in [-0.3, -0.25) is 9.69 Å². The van der Waals surface area contributed by atoms with Gasteiger partial charge in [-0.15, -0.1) is 0 Å². The van der Waals surface area contributed by atoms with Gasteiger partial charge in [-0.25, -0.2) is 0 Å². The van der Waals surface area contributed by atoms with Crippen LogP contribution in [0.25, 0.3) is 10.9 Å². The highest BCUT2D eigenvalue weighted by molar-refractivity contribution is 7.86. The van der Waals surface area contributed by atoms with E-state index in [1.807, 2.05) is 18.2 Å². The molecule has 26 heavy (non-hydrogen) atoms. The lowest BCUT2D eigenvalue weighted by atomic mass is 10.1. The molecule has 9 heteroatoms. The molecule has 8 nitrogen and oxygen atoms in total. The number of rotatable bonds is 5. The van der Waals surface area contributed by atoms with E-state index in [0.717, 1.165) is 10.9 Å². The molecule has 1 saturated heterocycles. The number of fused-ring (bicyclic) bond motifs is 1. The number of hydrogen-bond donors (Lipinski definition) is 1. The first kappa shape index (κ1) is 18.8. The van der Waals surface area contributed by atoms with Gasteiger partial charge in [0.25, 0.3) is 15.8 Å². The monoisotopic (exact) mass is 380 g/mol. The van der Waals surface area contributed by atoms with Crippen molar-refractivity contribution >= 4 is 21.1 Å². The van der Waals surface area contributed by atoms with Crippen LogP contribution in [0, 0.1) is 0 Å². The smallest absolute Gasteiger partial charge is 0.281 e. The van der Waals surface area contributed by atoms with Crippen molar-refractivity contribution < 1.29 is 13.2 Å². The fourth-order valence-electron chi connectivity index (χ4n) is 3.06. The van der Waals surface area contributed by atoms with Crippen LogP contribution < -0.4 is 10.3 Å². The van der Waals surface area contributed by atoms with Gasteiger partial charge in [-0.05, 0) is 23.6 Å². The van der Waals surface area contributed by atoms with Gasteiger partial charge in [0, 0.05) is 58.4 Å². The molecule has 1 aromatic carbocycles. The molecule has 1 aromatic heterocycles. The SMILES string of the molecule is COc1ccc2cc(CN3CCN(S(=O)(=O)N(C)C)CC3)c(=O)[nH]c2c1. The quantitative estimate of drug-likeness (QED) is 0.815. The summed E-state index contributed by atoms with van der Waals surface area (Å²) in [5.74, 6) is 0.694. The number of H-pyrrole nitrogens is 1. The lowest BCUT2D eigenvalue weighted by Crippen LogP contribution is -2.51. The van der Waals surface area contributed by atoms with E-state index < -0.39 is 10.2 Å².